The third kappa shape index (κ3) is 7550000. The summed E-state index contributed by atoms with van der Waals surface area (Å²) < 4.78 is 0. The number of nitrogens with zero attached hydrogens (tertiary/aromatic N) is 32. The van der Waals surface area contributed by atoms with Crippen molar-refractivity contribution < 1.29 is 209 Å². The molecule has 56 N–H and O–H groups in total. The maximum absolute atomic E-state index is 6.25. The quantitative estimate of drug-likeness (QED) is 0.0637. The van der Waals surface area contributed by atoms with Crippen LogP contribution in [-0.4, -0.2) is 179 Å². The van der Waals surface area contributed by atoms with Crippen LogP contribution in [0.5, 0.6) is 0 Å². The van der Waals surface area contributed by atoms with E-state index in [4.69, 9.17) is 516 Å². The number of hydrogen-bond acceptors (Lipinski definition) is 56. The van der Waals surface area contributed by atoms with E-state index in [1.807, 2.05) is 0 Å². The van der Waals surface area contributed by atoms with Crippen molar-refractivity contribution in [3.05, 3.63) is 210 Å². The Morgan fingerprint density at radius 1 is 0.0794 bits per heavy atom. The van der Waals surface area contributed by atoms with Crippen molar-refractivity contribution in [3.8, 4) is 0 Å². The molecule has 0 saturated carbocycles. The summed E-state index contributed by atoms with van der Waals surface area (Å²) in [7, 11) is 0. The third-order valence-corrected chi connectivity index (χ3v) is 2.00. The SMILES string of the molecule is NCCN.NCCN.NCCN.NCCN.NCCN.NCCN.NCCN.NCCN.NCCN.NCCN.NCCN.NCCN.O.O.O.O.[C-]#N.[C-]#N.[C-]#N.[C-]#N.[C-]#N.[C-]#N.[C-]#N.[C-]#N.[C-]#N.[C-]#N.[C-]#N.[C-]#N.[C-]#N.[C-]#N.[C-]#N.[C-]#N.[C-]#N.[C-]#N.[C-]#N.[C-]#N.[C-]#N.[C-]#N.[C-]#N.[C-]#N.[C-]#N.[C-]#N.[C-]#N.[C-]#N.[C-]#N.[C-]#N.[C-]#N.[C-]#N.[Cu+2].[Cu+2].[Cu+2].[Cu+2].[Cu+2].[Cu+2].[W].[W].[W].[W]. The summed E-state index contributed by atoms with van der Waals surface area (Å²) >= 11 is 0. The zero-order chi connectivity index (χ0) is 105. The molecule has 0 aromatic rings. The Labute approximate surface area is 874 Å². The number of hydrogen-bond donors (Lipinski definition) is 24. The molecule has 0 unspecified atom stereocenters. The van der Waals surface area contributed by atoms with Crippen LogP contribution in [0.4, 0.5) is 0 Å². The smallest absolute Gasteiger partial charge is 0.512 e. The Bertz CT molecular complexity index is 1110. The molecule has 70 heteroatoms. The van der Waals surface area contributed by atoms with Gasteiger partial charge >= 0.3 is 102 Å². The van der Waals surface area contributed by atoms with Gasteiger partial charge in [-0.25, -0.2) is 0 Å². The van der Waals surface area contributed by atoms with Gasteiger partial charge in [-0.3, -0.25) is 0 Å². The minimum Gasteiger partial charge on any atom is -0.512 e. The Morgan fingerprint density at radius 2 is 0.0873 bits per heavy atom. The molecule has 0 atom stereocenters. The van der Waals surface area contributed by atoms with E-state index in [0.717, 1.165) is 0 Å². The predicted octanol–water partition coefficient (Wildman–Crippen LogP) is -13.4. The molecule has 0 aliphatic carbocycles. The molecule has 0 saturated heterocycles. The summed E-state index contributed by atoms with van der Waals surface area (Å²) in [6.07, 6.45) is 0. The van der Waals surface area contributed by atoms with Gasteiger partial charge in [-0.05, 0) is 0 Å². The summed E-state index contributed by atoms with van der Waals surface area (Å²) in [6, 6.07) is 0. The summed E-state index contributed by atoms with van der Waals surface area (Å²) in [6.45, 7) is 166. The molecule has 0 aliphatic heterocycles. The monoisotopic (exact) mass is 2740 g/mol. The topological polar surface area (TPSA) is 1510 Å². The minimum atomic E-state index is 0. The van der Waals surface area contributed by atoms with Gasteiger partial charge in [0.2, 0.25) is 0 Å². The second-order valence-electron chi connectivity index (χ2n) is 6.93. The fourth-order valence-electron chi connectivity index (χ4n) is 0. The minimum absolute atomic E-state index is 0. The normalized spacial score (nSPS) is 3.37. The first kappa shape index (κ1) is 462. The number of rotatable bonds is 12. The first-order valence-electron chi connectivity index (χ1n) is 23.0. The van der Waals surface area contributed by atoms with Crippen LogP contribution in [0.15, 0.2) is 0 Å². The molecule has 0 heterocycles. The zero-order valence-electron chi connectivity index (χ0n) is 66.6. The van der Waals surface area contributed by atoms with Gasteiger partial charge in [-0.1, -0.05) is 0 Å². The van der Waals surface area contributed by atoms with Gasteiger partial charge in [-0.2, -0.15) is 0 Å². The molecule has 0 aromatic heterocycles. The van der Waals surface area contributed by atoms with Crippen LogP contribution in [0.2, 0.25) is 0 Å². The molecule has 126 heavy (non-hydrogen) atoms. The molecular formula is C56H104Cu6N56O4W4-20. The second kappa shape index (κ2) is 9280. The second-order valence-corrected chi connectivity index (χ2v) is 6.93. The van der Waals surface area contributed by atoms with Gasteiger partial charge in [0.05, 0.1) is 0 Å². The van der Waals surface area contributed by atoms with Crippen molar-refractivity contribution in [1.82, 2.24) is 0 Å². The molecule has 60 nitrogen and oxygen atoms in total. The van der Waals surface area contributed by atoms with Crippen LogP contribution in [0.25, 0.3) is 0 Å². The van der Waals surface area contributed by atoms with Gasteiger partial charge in [0.15, 0.2) is 0 Å². The average Bonchev–Trinajstić information content (AvgIpc) is 3.89. The summed E-state index contributed by atoms with van der Waals surface area (Å²) in [5, 5.41) is 200. The van der Waals surface area contributed by atoms with Gasteiger partial charge < -0.3 is 538 Å². The molecule has 0 bridgehead atoms. The fourth-order valence-corrected chi connectivity index (χ4v) is 0. The molecule has 742 valence electrons. The Hall–Kier alpha value is -11.6. The van der Waals surface area contributed by atoms with Crippen LogP contribution >= 0.6 is 0 Å². The van der Waals surface area contributed by atoms with E-state index in [-0.39, 0.29) is 209 Å². The Balaban J connectivity index is -0.00000000672. The van der Waals surface area contributed by atoms with Crippen molar-refractivity contribution in [2.45, 2.75) is 0 Å². The maximum Gasteiger partial charge on any atom is 2.00 e. The zero-order valence-corrected chi connectivity index (χ0v) is 84.0. The van der Waals surface area contributed by atoms with Gasteiger partial charge in [-0.15, -0.1) is 0 Å². The largest absolute Gasteiger partial charge is 2.00 e. The van der Waals surface area contributed by atoms with Gasteiger partial charge in [0, 0.05) is 241 Å². The predicted molar refractivity (Wildman–Crippen MR) is 391 cm³/mol. The maximum atomic E-state index is 6.25. The fraction of sp³-hybridized carbons (Fsp3) is 0.429. The van der Waals surface area contributed by atoms with Crippen molar-refractivity contribution in [2.24, 2.45) is 138 Å². The summed E-state index contributed by atoms with van der Waals surface area (Å²) in [5.74, 6) is 0. The third-order valence-electron chi connectivity index (χ3n) is 2.00. The standard InChI is InChI=1S/12C2H8N2.32CN.6Cu.4H2O.4W/c12*3-1-2-4;32*1-2;;;;;;;;;;;;;;/h12*1-4H2;;;;;;;;;;;;;;;;;;;;;;;;;;;;;;;;;;;;;;;4*1H2;;;;/q;;;;;;;;;;;;32*-1;6*+2;;;;;;;;. The van der Waals surface area contributed by atoms with E-state index in [1.54, 1.807) is 0 Å². The van der Waals surface area contributed by atoms with Crippen LogP contribution in [0, 0.1) is 379 Å². The first-order chi connectivity index (χ1) is 55.0. The Morgan fingerprint density at radius 3 is 0.0873 bits per heavy atom. The van der Waals surface area contributed by atoms with Gasteiger partial charge in [0.25, 0.3) is 0 Å². The van der Waals surface area contributed by atoms with Crippen molar-refractivity contribution in [3.63, 3.8) is 0 Å². The number of nitrogens with two attached hydrogens (primary N) is 24. The summed E-state index contributed by atoms with van der Waals surface area (Å²) in [4.78, 5) is 0. The average molecular weight is 2740 g/mol. The molecular weight excluding hydrogens is 2640 g/mol. The van der Waals surface area contributed by atoms with Crippen LogP contribution < -0.4 is 138 Å². The van der Waals surface area contributed by atoms with Gasteiger partial charge in [0.1, 0.15) is 0 Å². The van der Waals surface area contributed by atoms with E-state index in [1.165, 1.54) is 0 Å². The van der Waals surface area contributed by atoms with Crippen molar-refractivity contribution >= 4 is 0 Å². The van der Waals surface area contributed by atoms with Crippen LogP contribution in [0.1, 0.15) is 0 Å². The van der Waals surface area contributed by atoms with E-state index in [2.05, 4.69) is 0 Å². The molecule has 0 rings (SSSR count). The molecule has 0 aromatic carbocycles. The molecule has 0 fully saturated rings. The molecule has 0 spiro atoms. The summed E-state index contributed by atoms with van der Waals surface area (Å²) in [5.41, 5.74) is 118. The van der Waals surface area contributed by atoms with Crippen LogP contribution in [-0.2, 0) is 187 Å². The van der Waals surface area contributed by atoms with E-state index in [0.29, 0.717) is 157 Å². The van der Waals surface area contributed by atoms with Crippen LogP contribution in [0.3, 0.4) is 0 Å². The van der Waals surface area contributed by atoms with E-state index < -0.39 is 0 Å². The Kier molecular flexibility index (Phi) is 34100. The van der Waals surface area contributed by atoms with Crippen molar-refractivity contribution in [2.75, 3.05) is 157 Å². The van der Waals surface area contributed by atoms with E-state index in [9.17, 15) is 0 Å². The molecule has 6 radical (unpaired) electrons. The molecule has 0 aliphatic rings. The molecule has 0 amide bonds. The van der Waals surface area contributed by atoms with E-state index >= 15 is 0 Å². The first-order valence-corrected chi connectivity index (χ1v) is 23.0. The van der Waals surface area contributed by atoms with Crippen molar-refractivity contribution in [1.29, 1.82) is 168 Å².